The highest BCUT2D eigenvalue weighted by atomic mass is 16.3. The zero-order chi connectivity index (χ0) is 20.8. The van der Waals surface area contributed by atoms with Gasteiger partial charge >= 0.3 is 0 Å². The molecule has 3 rings (SSSR count). The smallest absolute Gasteiger partial charge is 0.219 e. The molecule has 3 N–H and O–H groups in total. The number of aliphatic hydroxyl groups is 2. The lowest BCUT2D eigenvalue weighted by atomic mass is 9.88. The number of carbonyl (C=O) groups is 1. The van der Waals surface area contributed by atoms with Crippen LogP contribution < -0.4 is 5.32 Å². The first-order chi connectivity index (χ1) is 14.0. The predicted molar refractivity (Wildman–Crippen MR) is 116 cm³/mol. The predicted octanol–water partition coefficient (Wildman–Crippen LogP) is 3.70. The molecule has 2 aliphatic rings. The van der Waals surface area contributed by atoms with Crippen LogP contribution in [0.1, 0.15) is 49.7 Å². The fourth-order valence-corrected chi connectivity index (χ4v) is 4.96. The first-order valence-electron chi connectivity index (χ1n) is 11.0. The number of benzene rings is 1. The van der Waals surface area contributed by atoms with E-state index in [1.807, 2.05) is 18.2 Å². The molecule has 0 spiro atoms. The highest BCUT2D eigenvalue weighted by Crippen LogP contribution is 2.48. The van der Waals surface area contributed by atoms with E-state index in [0.717, 1.165) is 37.7 Å². The van der Waals surface area contributed by atoms with Crippen LogP contribution in [0.5, 0.6) is 0 Å². The molecule has 0 unspecified atom stereocenters. The van der Waals surface area contributed by atoms with Crippen molar-refractivity contribution in [2.75, 3.05) is 7.05 Å². The minimum absolute atomic E-state index is 0.111. The van der Waals surface area contributed by atoms with Crippen LogP contribution in [-0.4, -0.2) is 35.4 Å². The number of aryl methyl sites for hydroxylation is 1. The summed E-state index contributed by atoms with van der Waals surface area (Å²) in [7, 11) is 1.68. The maximum atomic E-state index is 11.3. The van der Waals surface area contributed by atoms with Crippen LogP contribution in [-0.2, 0) is 11.2 Å². The van der Waals surface area contributed by atoms with E-state index in [-0.39, 0.29) is 17.9 Å². The van der Waals surface area contributed by atoms with E-state index < -0.39 is 6.10 Å². The summed E-state index contributed by atoms with van der Waals surface area (Å²) < 4.78 is 0. The van der Waals surface area contributed by atoms with Gasteiger partial charge in [-0.3, -0.25) is 4.79 Å². The Labute approximate surface area is 174 Å². The van der Waals surface area contributed by atoms with Crippen LogP contribution in [0.4, 0.5) is 0 Å². The Hall–Kier alpha value is -1.91. The maximum absolute atomic E-state index is 11.3. The first kappa shape index (κ1) is 21.8. The van der Waals surface area contributed by atoms with Gasteiger partial charge in [-0.2, -0.15) is 0 Å². The summed E-state index contributed by atoms with van der Waals surface area (Å²) >= 11 is 0. The molecule has 1 saturated carbocycles. The molecule has 0 bridgehead atoms. The molecular weight excluding hydrogens is 362 g/mol. The monoisotopic (exact) mass is 397 g/mol. The molecule has 158 valence electrons. The number of rotatable bonds is 9. The summed E-state index contributed by atoms with van der Waals surface area (Å²) in [4.78, 5) is 11.3. The molecule has 1 fully saturated rings. The summed E-state index contributed by atoms with van der Waals surface area (Å²) in [6.07, 6.45) is 11.5. The van der Waals surface area contributed by atoms with Crippen molar-refractivity contribution in [3.05, 3.63) is 59.2 Å². The number of amides is 1. The number of allylic oxidation sites excluding steroid dienone is 2. The number of aliphatic hydroxyl groups excluding tert-OH is 2. The molecule has 0 aromatic heterocycles. The molecule has 1 amide bonds. The van der Waals surface area contributed by atoms with Crippen molar-refractivity contribution >= 4 is 5.91 Å². The van der Waals surface area contributed by atoms with E-state index in [0.29, 0.717) is 24.7 Å². The maximum Gasteiger partial charge on any atom is 0.219 e. The minimum atomic E-state index is -0.526. The SMILES string of the molecule is CNC(=O)CCCCC1=C[C@H]2C[C@@H](O)[C@H](C=C[C@@H](O)Cc3cccc(C)c3)[C@H]2C1. The number of hydrogen-bond donors (Lipinski definition) is 3. The van der Waals surface area contributed by atoms with Gasteiger partial charge in [0.1, 0.15) is 0 Å². The number of carbonyl (C=O) groups excluding carboxylic acids is 1. The number of fused-ring (bicyclic) bond motifs is 1. The van der Waals surface area contributed by atoms with Crippen LogP contribution in [0.25, 0.3) is 0 Å². The van der Waals surface area contributed by atoms with E-state index >= 15 is 0 Å². The molecule has 0 radical (unpaired) electrons. The largest absolute Gasteiger partial charge is 0.392 e. The molecule has 29 heavy (non-hydrogen) atoms. The second-order valence-corrected chi connectivity index (χ2v) is 8.76. The fourth-order valence-electron chi connectivity index (χ4n) is 4.96. The Morgan fingerprint density at radius 3 is 2.93 bits per heavy atom. The van der Waals surface area contributed by atoms with E-state index in [1.54, 1.807) is 7.05 Å². The van der Waals surface area contributed by atoms with Gasteiger partial charge in [-0.05, 0) is 56.4 Å². The third-order valence-electron chi connectivity index (χ3n) is 6.46. The molecule has 5 atom stereocenters. The molecular formula is C25H35NO3. The lowest BCUT2D eigenvalue weighted by Gasteiger charge is -2.19. The Kier molecular flexibility index (Phi) is 7.68. The quantitative estimate of drug-likeness (QED) is 0.439. The Balaban J connectivity index is 1.49. The number of nitrogens with one attached hydrogen (secondary N) is 1. The van der Waals surface area contributed by atoms with E-state index in [2.05, 4.69) is 36.5 Å². The molecule has 4 nitrogen and oxygen atoms in total. The molecule has 0 aliphatic heterocycles. The van der Waals surface area contributed by atoms with Crippen LogP contribution in [0.3, 0.4) is 0 Å². The fraction of sp³-hybridized carbons (Fsp3) is 0.560. The summed E-state index contributed by atoms with van der Waals surface area (Å²) in [5.74, 6) is 1.12. The van der Waals surface area contributed by atoms with Gasteiger partial charge < -0.3 is 15.5 Å². The average molecular weight is 398 g/mol. The van der Waals surface area contributed by atoms with Crippen LogP contribution in [0.2, 0.25) is 0 Å². The molecule has 0 heterocycles. The third kappa shape index (κ3) is 6.03. The van der Waals surface area contributed by atoms with Crippen LogP contribution in [0.15, 0.2) is 48.1 Å². The molecule has 0 saturated heterocycles. The summed E-state index contributed by atoms with van der Waals surface area (Å²) in [5, 5.41) is 23.6. The van der Waals surface area contributed by atoms with Crippen LogP contribution >= 0.6 is 0 Å². The topological polar surface area (TPSA) is 69.6 Å². The van der Waals surface area contributed by atoms with Gasteiger partial charge in [0.05, 0.1) is 12.2 Å². The average Bonchev–Trinajstić information content (AvgIpc) is 3.19. The van der Waals surface area contributed by atoms with Crippen molar-refractivity contribution < 1.29 is 15.0 Å². The minimum Gasteiger partial charge on any atom is -0.392 e. The van der Waals surface area contributed by atoms with Crippen molar-refractivity contribution in [1.29, 1.82) is 0 Å². The molecule has 1 aromatic rings. The first-order valence-corrected chi connectivity index (χ1v) is 11.0. The van der Waals surface area contributed by atoms with Gasteiger partial charge in [0.25, 0.3) is 0 Å². The van der Waals surface area contributed by atoms with Crippen molar-refractivity contribution in [1.82, 2.24) is 5.32 Å². The Morgan fingerprint density at radius 2 is 2.17 bits per heavy atom. The van der Waals surface area contributed by atoms with Gasteiger partial charge in [-0.25, -0.2) is 0 Å². The lowest BCUT2D eigenvalue weighted by molar-refractivity contribution is -0.120. The summed E-state index contributed by atoms with van der Waals surface area (Å²) in [5.41, 5.74) is 3.81. The van der Waals surface area contributed by atoms with E-state index in [4.69, 9.17) is 0 Å². The zero-order valence-corrected chi connectivity index (χ0v) is 17.7. The Morgan fingerprint density at radius 1 is 1.34 bits per heavy atom. The zero-order valence-electron chi connectivity index (χ0n) is 17.7. The summed E-state index contributed by atoms with van der Waals surface area (Å²) in [6.45, 7) is 2.06. The van der Waals surface area contributed by atoms with E-state index in [1.165, 1.54) is 11.1 Å². The van der Waals surface area contributed by atoms with Crippen molar-refractivity contribution in [3.63, 3.8) is 0 Å². The van der Waals surface area contributed by atoms with Gasteiger partial charge in [0, 0.05) is 25.8 Å². The van der Waals surface area contributed by atoms with Crippen molar-refractivity contribution in [3.8, 4) is 0 Å². The third-order valence-corrected chi connectivity index (χ3v) is 6.46. The normalized spacial score (nSPS) is 27.1. The van der Waals surface area contributed by atoms with Gasteiger partial charge in [-0.1, -0.05) is 53.6 Å². The van der Waals surface area contributed by atoms with E-state index in [9.17, 15) is 15.0 Å². The Bertz CT molecular complexity index is 754. The number of hydrogen-bond acceptors (Lipinski definition) is 3. The van der Waals surface area contributed by atoms with Gasteiger partial charge in [-0.15, -0.1) is 0 Å². The second-order valence-electron chi connectivity index (χ2n) is 8.76. The molecule has 1 aromatic carbocycles. The van der Waals surface area contributed by atoms with Gasteiger partial charge in [0.15, 0.2) is 0 Å². The van der Waals surface area contributed by atoms with Crippen molar-refractivity contribution in [2.45, 2.75) is 64.1 Å². The highest BCUT2D eigenvalue weighted by molar-refractivity contribution is 5.75. The number of unbranched alkanes of at least 4 members (excludes halogenated alkanes) is 1. The van der Waals surface area contributed by atoms with Gasteiger partial charge in [0.2, 0.25) is 5.91 Å². The second kappa shape index (κ2) is 10.2. The lowest BCUT2D eigenvalue weighted by Crippen LogP contribution is -2.18. The molecule has 4 heteroatoms. The van der Waals surface area contributed by atoms with Crippen molar-refractivity contribution in [2.24, 2.45) is 17.8 Å². The molecule has 2 aliphatic carbocycles. The summed E-state index contributed by atoms with van der Waals surface area (Å²) in [6, 6.07) is 8.23. The highest BCUT2D eigenvalue weighted by Gasteiger charge is 2.43. The van der Waals surface area contributed by atoms with Crippen LogP contribution in [0, 0.1) is 24.7 Å². The standard InChI is InChI=1S/C25H35NO3/c1-17-6-5-8-18(12-17)14-21(27)10-11-22-23-15-19(13-20(23)16-24(22)28)7-3-4-9-25(29)26-2/h5-6,8,10-13,20-24,27-28H,3-4,7,9,14-16H2,1-2H3,(H,26,29)/t20-,21+,22+,23-,24+/m0/s1.